The van der Waals surface area contributed by atoms with Crippen molar-refractivity contribution < 1.29 is 23.4 Å². The normalized spacial score (nSPS) is 12.3. The second-order valence-electron chi connectivity index (χ2n) is 3.16. The van der Waals surface area contributed by atoms with Gasteiger partial charge in [-0.05, 0) is 28.9 Å². The van der Waals surface area contributed by atoms with Crippen molar-refractivity contribution in [1.82, 2.24) is 0 Å². The van der Waals surface area contributed by atoms with E-state index in [1.165, 1.54) is 6.92 Å². The number of ether oxygens (including phenoxy) is 1. The molecule has 1 N–H and O–H groups in total. The van der Waals surface area contributed by atoms with Crippen LogP contribution in [0.15, 0.2) is 10.5 Å². The summed E-state index contributed by atoms with van der Waals surface area (Å²) >= 11 is 2.81. The number of hydrogen-bond acceptors (Lipinski definition) is 2. The minimum absolute atomic E-state index is 0.131. The van der Waals surface area contributed by atoms with Crippen LogP contribution >= 0.6 is 15.9 Å². The lowest BCUT2D eigenvalue weighted by molar-refractivity contribution is -0.138. The number of benzene rings is 1. The number of hydrogen-bond donors (Lipinski definition) is 1. The number of carbonyl (C=O) groups is 1. The van der Waals surface area contributed by atoms with Crippen LogP contribution in [0.3, 0.4) is 0 Å². The Balaban J connectivity index is 3.50. The molecule has 0 spiro atoms. The molecule has 1 unspecified atom stereocenters. The Morgan fingerprint density at radius 2 is 2.12 bits per heavy atom. The highest BCUT2D eigenvalue weighted by Gasteiger charge is 2.27. The van der Waals surface area contributed by atoms with Crippen molar-refractivity contribution in [3.05, 3.63) is 27.7 Å². The smallest absolute Gasteiger partial charge is 0.310 e. The summed E-state index contributed by atoms with van der Waals surface area (Å²) < 4.78 is 31.6. The molecule has 0 bridgehead atoms. The molecule has 1 aromatic rings. The first-order chi connectivity index (χ1) is 7.40. The Hall–Kier alpha value is -1.17. The molecule has 1 aromatic carbocycles. The van der Waals surface area contributed by atoms with Crippen molar-refractivity contribution in [1.29, 1.82) is 0 Å². The lowest BCUT2D eigenvalue weighted by Gasteiger charge is -2.14. The monoisotopic (exact) mass is 294 g/mol. The molecular formula is C10H9BrF2O3. The maximum absolute atomic E-state index is 13.7. The number of methoxy groups -OCH3 is 1. The SMILES string of the molecule is COc1c(F)cc(Br)c(F)c1C(C)C(=O)O. The summed E-state index contributed by atoms with van der Waals surface area (Å²) in [6.07, 6.45) is 0. The molecule has 0 aliphatic heterocycles. The van der Waals surface area contributed by atoms with Gasteiger partial charge in [0.25, 0.3) is 0 Å². The van der Waals surface area contributed by atoms with E-state index in [9.17, 15) is 13.6 Å². The Labute approximate surface area is 99.2 Å². The van der Waals surface area contributed by atoms with Gasteiger partial charge in [0.1, 0.15) is 5.82 Å². The summed E-state index contributed by atoms with van der Waals surface area (Å²) in [7, 11) is 1.16. The first kappa shape index (κ1) is 12.9. The molecule has 0 aliphatic carbocycles. The van der Waals surface area contributed by atoms with Crippen LogP contribution in [0, 0.1) is 11.6 Å². The van der Waals surface area contributed by atoms with Crippen LogP contribution in [0.2, 0.25) is 0 Å². The van der Waals surface area contributed by atoms with Gasteiger partial charge in [0, 0.05) is 5.56 Å². The molecule has 0 heterocycles. The van der Waals surface area contributed by atoms with E-state index in [2.05, 4.69) is 20.7 Å². The fourth-order valence-electron chi connectivity index (χ4n) is 1.31. The van der Waals surface area contributed by atoms with Gasteiger partial charge >= 0.3 is 5.97 Å². The van der Waals surface area contributed by atoms with Gasteiger partial charge in [-0.15, -0.1) is 0 Å². The Kier molecular flexibility index (Phi) is 3.85. The first-order valence-electron chi connectivity index (χ1n) is 4.34. The van der Waals surface area contributed by atoms with Crippen molar-refractivity contribution >= 4 is 21.9 Å². The number of carboxylic acids is 1. The lowest BCUT2D eigenvalue weighted by atomic mass is 9.99. The molecule has 0 amide bonds. The van der Waals surface area contributed by atoms with Crippen LogP contribution in [-0.4, -0.2) is 18.2 Å². The molecule has 0 fully saturated rings. The van der Waals surface area contributed by atoms with Crippen LogP contribution in [0.4, 0.5) is 8.78 Å². The van der Waals surface area contributed by atoms with Gasteiger partial charge in [-0.25, -0.2) is 8.78 Å². The molecule has 3 nitrogen and oxygen atoms in total. The number of halogens is 3. The van der Waals surface area contributed by atoms with Gasteiger partial charge in [-0.2, -0.15) is 0 Å². The van der Waals surface area contributed by atoms with Gasteiger partial charge in [-0.3, -0.25) is 4.79 Å². The van der Waals surface area contributed by atoms with Crippen molar-refractivity contribution in [2.75, 3.05) is 7.11 Å². The number of carboxylic acid groups (broad SMARTS) is 1. The van der Waals surface area contributed by atoms with Gasteiger partial charge in [0.15, 0.2) is 11.6 Å². The molecule has 1 atom stereocenters. The predicted molar refractivity (Wildman–Crippen MR) is 56.7 cm³/mol. The van der Waals surface area contributed by atoms with E-state index in [1.807, 2.05) is 0 Å². The molecule has 6 heteroatoms. The summed E-state index contributed by atoms with van der Waals surface area (Å²) in [6, 6.07) is 0.895. The van der Waals surface area contributed by atoms with Gasteiger partial charge in [0.05, 0.1) is 17.5 Å². The molecule has 0 radical (unpaired) electrons. The third kappa shape index (κ3) is 2.16. The minimum atomic E-state index is -1.25. The zero-order valence-corrected chi connectivity index (χ0v) is 10.1. The standard InChI is InChI=1S/C10H9BrF2O3/c1-4(10(14)15)7-8(13)5(11)3-6(12)9(7)16-2/h3-4H,1-2H3,(H,14,15). The highest BCUT2D eigenvalue weighted by Crippen LogP contribution is 2.35. The van der Waals surface area contributed by atoms with Crippen molar-refractivity contribution in [2.24, 2.45) is 0 Å². The second-order valence-corrected chi connectivity index (χ2v) is 4.02. The highest BCUT2D eigenvalue weighted by atomic mass is 79.9. The first-order valence-corrected chi connectivity index (χ1v) is 5.13. The van der Waals surface area contributed by atoms with Gasteiger partial charge in [-0.1, -0.05) is 0 Å². The Bertz CT molecular complexity index is 435. The van der Waals surface area contributed by atoms with Gasteiger partial charge in [0.2, 0.25) is 0 Å². The largest absolute Gasteiger partial charge is 0.493 e. The molecule has 16 heavy (non-hydrogen) atoms. The quantitative estimate of drug-likeness (QED) is 0.872. The Morgan fingerprint density at radius 1 is 1.56 bits per heavy atom. The summed E-state index contributed by atoms with van der Waals surface area (Å²) in [6.45, 7) is 1.26. The van der Waals surface area contributed by atoms with E-state index >= 15 is 0 Å². The van der Waals surface area contributed by atoms with E-state index in [0.717, 1.165) is 13.2 Å². The van der Waals surface area contributed by atoms with Crippen LogP contribution in [0.1, 0.15) is 18.4 Å². The third-order valence-electron chi connectivity index (χ3n) is 2.17. The predicted octanol–water partition coefficient (Wildman–Crippen LogP) is 2.92. The van der Waals surface area contributed by atoms with Crippen molar-refractivity contribution in [2.45, 2.75) is 12.8 Å². The fourth-order valence-corrected chi connectivity index (χ4v) is 1.73. The van der Waals surface area contributed by atoms with Crippen LogP contribution < -0.4 is 4.74 Å². The molecule has 0 aromatic heterocycles. The fraction of sp³-hybridized carbons (Fsp3) is 0.300. The third-order valence-corrected chi connectivity index (χ3v) is 2.75. The summed E-state index contributed by atoms with van der Waals surface area (Å²) in [5.74, 6) is -4.46. The summed E-state index contributed by atoms with van der Waals surface area (Å²) in [5.41, 5.74) is -0.304. The summed E-state index contributed by atoms with van der Waals surface area (Å²) in [4.78, 5) is 10.8. The Morgan fingerprint density at radius 3 is 2.56 bits per heavy atom. The number of aliphatic carboxylic acids is 1. The summed E-state index contributed by atoms with van der Waals surface area (Å²) in [5, 5.41) is 8.80. The van der Waals surface area contributed by atoms with E-state index in [4.69, 9.17) is 5.11 Å². The van der Waals surface area contributed by atoms with E-state index in [0.29, 0.717) is 0 Å². The highest BCUT2D eigenvalue weighted by molar-refractivity contribution is 9.10. The maximum Gasteiger partial charge on any atom is 0.310 e. The second kappa shape index (κ2) is 4.78. The van der Waals surface area contributed by atoms with Crippen LogP contribution in [-0.2, 0) is 4.79 Å². The maximum atomic E-state index is 13.7. The molecule has 1 rings (SSSR count). The zero-order valence-electron chi connectivity index (χ0n) is 8.55. The zero-order chi connectivity index (χ0) is 12.5. The average molecular weight is 295 g/mol. The molecule has 88 valence electrons. The minimum Gasteiger partial charge on any atom is -0.493 e. The van der Waals surface area contributed by atoms with E-state index < -0.39 is 23.5 Å². The topological polar surface area (TPSA) is 46.5 Å². The van der Waals surface area contributed by atoms with Crippen molar-refractivity contribution in [3.8, 4) is 5.75 Å². The lowest BCUT2D eigenvalue weighted by Crippen LogP contribution is -2.12. The average Bonchev–Trinajstić information content (AvgIpc) is 2.21. The molecular weight excluding hydrogens is 286 g/mol. The molecule has 0 saturated carbocycles. The number of rotatable bonds is 3. The molecule has 0 saturated heterocycles. The van der Waals surface area contributed by atoms with E-state index in [1.54, 1.807) is 0 Å². The van der Waals surface area contributed by atoms with Gasteiger partial charge < -0.3 is 9.84 Å². The van der Waals surface area contributed by atoms with Crippen LogP contribution in [0.25, 0.3) is 0 Å². The molecule has 0 aliphatic rings. The van der Waals surface area contributed by atoms with Crippen molar-refractivity contribution in [3.63, 3.8) is 0 Å². The van der Waals surface area contributed by atoms with Crippen LogP contribution in [0.5, 0.6) is 5.75 Å². The van der Waals surface area contributed by atoms with E-state index in [-0.39, 0.29) is 15.8 Å².